The van der Waals surface area contributed by atoms with Gasteiger partial charge in [-0.3, -0.25) is 4.79 Å². The molecule has 0 atom stereocenters. The number of aryl methyl sites for hydroxylation is 1. The zero-order valence-corrected chi connectivity index (χ0v) is 24.8. The Morgan fingerprint density at radius 1 is 1.38 bits per heavy atom. The van der Waals surface area contributed by atoms with Gasteiger partial charge >= 0.3 is 6.03 Å². The summed E-state index contributed by atoms with van der Waals surface area (Å²) in [5.74, 6) is 2.83. The first-order valence-corrected chi connectivity index (χ1v) is 13.3. The SMILES string of the molecule is C#CC/C=C(\C)NC(=O)NCO/N=C(\C)C(C)(C)C.C=CCc1c(C=O)cn2ncnc(N)c12.Cc1cccs1. The van der Waals surface area contributed by atoms with Crippen LogP contribution < -0.4 is 16.4 Å². The van der Waals surface area contributed by atoms with Gasteiger partial charge in [-0.1, -0.05) is 44.1 Å². The molecule has 3 heterocycles. The second kappa shape index (κ2) is 17.2. The van der Waals surface area contributed by atoms with Gasteiger partial charge in [0.05, 0.1) is 5.71 Å². The van der Waals surface area contributed by atoms with Gasteiger partial charge in [-0.05, 0) is 44.2 Å². The average molecular weight is 566 g/mol. The van der Waals surface area contributed by atoms with Crippen LogP contribution in [0.25, 0.3) is 5.52 Å². The van der Waals surface area contributed by atoms with Gasteiger partial charge in [0.2, 0.25) is 0 Å². The quantitative estimate of drug-likeness (QED) is 0.0626. The van der Waals surface area contributed by atoms with E-state index in [1.807, 2.05) is 27.7 Å². The van der Waals surface area contributed by atoms with Crippen molar-refractivity contribution in [2.24, 2.45) is 10.6 Å². The number of nitrogen functional groups attached to an aromatic ring is 1. The molecule has 0 saturated carbocycles. The predicted molar refractivity (Wildman–Crippen MR) is 163 cm³/mol. The van der Waals surface area contributed by atoms with E-state index in [0.29, 0.717) is 35.4 Å². The highest BCUT2D eigenvalue weighted by molar-refractivity contribution is 7.09. The van der Waals surface area contributed by atoms with Gasteiger partial charge in [-0.25, -0.2) is 14.3 Å². The number of amides is 2. The lowest BCUT2D eigenvalue weighted by Gasteiger charge is -2.17. The zero-order chi connectivity index (χ0) is 30.1. The third kappa shape index (κ3) is 12.0. The number of carbonyl (C=O) groups is 2. The van der Waals surface area contributed by atoms with E-state index in [4.69, 9.17) is 17.0 Å². The number of terminal acetylenes is 1. The van der Waals surface area contributed by atoms with Crippen LogP contribution in [0, 0.1) is 24.7 Å². The first-order valence-electron chi connectivity index (χ1n) is 12.4. The molecule has 0 fully saturated rings. The van der Waals surface area contributed by atoms with E-state index < -0.39 is 0 Å². The summed E-state index contributed by atoms with van der Waals surface area (Å²) in [4.78, 5) is 32.6. The number of allylic oxidation sites excluding steroid dienone is 3. The number of fused-ring (bicyclic) bond motifs is 1. The van der Waals surface area contributed by atoms with E-state index in [-0.39, 0.29) is 18.2 Å². The summed E-state index contributed by atoms with van der Waals surface area (Å²) >= 11 is 1.78. The number of urea groups is 1. The molecule has 214 valence electrons. The molecule has 10 nitrogen and oxygen atoms in total. The van der Waals surface area contributed by atoms with Crippen molar-refractivity contribution in [3.05, 3.63) is 70.5 Å². The molecule has 40 heavy (non-hydrogen) atoms. The third-order valence-electron chi connectivity index (χ3n) is 5.30. The molecule has 0 aromatic carbocycles. The molecular weight excluding hydrogens is 526 g/mol. The van der Waals surface area contributed by atoms with Crippen LogP contribution in [0.4, 0.5) is 10.6 Å². The van der Waals surface area contributed by atoms with Crippen LogP contribution in [0.5, 0.6) is 0 Å². The molecule has 11 heteroatoms. The Balaban J connectivity index is 0.000000335. The Morgan fingerprint density at radius 2 is 2.10 bits per heavy atom. The molecule has 0 unspecified atom stereocenters. The van der Waals surface area contributed by atoms with Gasteiger partial charge in [0.15, 0.2) is 18.8 Å². The lowest BCUT2D eigenvalue weighted by molar-refractivity contribution is 0.112. The number of hydrogen-bond donors (Lipinski definition) is 3. The van der Waals surface area contributed by atoms with Crippen molar-refractivity contribution >= 4 is 40.7 Å². The van der Waals surface area contributed by atoms with Crippen LogP contribution in [0.3, 0.4) is 0 Å². The smallest absolute Gasteiger partial charge is 0.321 e. The highest BCUT2D eigenvalue weighted by Gasteiger charge is 2.15. The molecule has 0 radical (unpaired) electrons. The maximum Gasteiger partial charge on any atom is 0.321 e. The van der Waals surface area contributed by atoms with Gasteiger partial charge < -0.3 is 21.2 Å². The molecule has 0 aliphatic carbocycles. The Bertz CT molecular complexity index is 1340. The maximum absolute atomic E-state index is 11.4. The van der Waals surface area contributed by atoms with Crippen molar-refractivity contribution in [1.29, 1.82) is 0 Å². The fraction of sp³-hybridized carbons (Fsp3) is 0.345. The van der Waals surface area contributed by atoms with Crippen molar-refractivity contribution in [1.82, 2.24) is 25.2 Å². The molecule has 0 bridgehead atoms. The summed E-state index contributed by atoms with van der Waals surface area (Å²) < 4.78 is 1.56. The van der Waals surface area contributed by atoms with Crippen LogP contribution in [0.2, 0.25) is 0 Å². The number of nitrogens with zero attached hydrogens (tertiary/aromatic N) is 4. The summed E-state index contributed by atoms with van der Waals surface area (Å²) in [6, 6.07) is 3.80. The lowest BCUT2D eigenvalue weighted by Crippen LogP contribution is -2.35. The summed E-state index contributed by atoms with van der Waals surface area (Å²) in [5.41, 5.74) is 9.32. The minimum atomic E-state index is -0.352. The van der Waals surface area contributed by atoms with Crippen LogP contribution in [-0.4, -0.2) is 39.4 Å². The van der Waals surface area contributed by atoms with Gasteiger partial charge in [-0.15, -0.1) is 30.3 Å². The van der Waals surface area contributed by atoms with Crippen molar-refractivity contribution in [2.45, 2.75) is 54.4 Å². The van der Waals surface area contributed by atoms with E-state index >= 15 is 0 Å². The highest BCUT2D eigenvalue weighted by Crippen LogP contribution is 2.21. The van der Waals surface area contributed by atoms with Gasteiger partial charge in [0.1, 0.15) is 11.8 Å². The number of thiophene rings is 1. The van der Waals surface area contributed by atoms with Gasteiger partial charge in [-0.2, -0.15) is 5.10 Å². The van der Waals surface area contributed by atoms with Gasteiger partial charge in [0, 0.05) is 34.2 Å². The number of anilines is 1. The fourth-order valence-electron chi connectivity index (χ4n) is 2.79. The van der Waals surface area contributed by atoms with Crippen molar-refractivity contribution in [3.8, 4) is 12.3 Å². The molecule has 0 saturated heterocycles. The van der Waals surface area contributed by atoms with E-state index in [1.54, 1.807) is 41.1 Å². The summed E-state index contributed by atoms with van der Waals surface area (Å²) in [6.07, 6.45) is 13.4. The number of oxime groups is 1. The minimum absolute atomic E-state index is 0.0155. The average Bonchev–Trinajstić information content (AvgIpc) is 3.52. The molecule has 3 aromatic rings. The summed E-state index contributed by atoms with van der Waals surface area (Å²) in [5, 5.41) is 15.1. The zero-order valence-electron chi connectivity index (χ0n) is 24.0. The number of aromatic nitrogens is 3. The summed E-state index contributed by atoms with van der Waals surface area (Å²) in [6.45, 7) is 15.5. The Labute approximate surface area is 240 Å². The number of nitrogens with one attached hydrogen (secondary N) is 2. The molecule has 3 rings (SSSR count). The Kier molecular flexibility index (Phi) is 14.5. The van der Waals surface area contributed by atoms with Gasteiger partial charge in [0.25, 0.3) is 0 Å². The Hall–Kier alpha value is -4.43. The number of rotatable bonds is 8. The first kappa shape index (κ1) is 33.6. The number of nitrogens with two attached hydrogens (primary N) is 1. The Morgan fingerprint density at radius 3 is 2.62 bits per heavy atom. The van der Waals surface area contributed by atoms with Crippen LogP contribution in [0.1, 0.15) is 61.8 Å². The lowest BCUT2D eigenvalue weighted by atomic mass is 9.91. The second-order valence-corrected chi connectivity index (χ2v) is 10.6. The largest absolute Gasteiger partial charge is 0.382 e. The molecule has 2 amide bonds. The maximum atomic E-state index is 11.4. The molecule has 0 aliphatic heterocycles. The van der Waals surface area contributed by atoms with Crippen molar-refractivity contribution in [3.63, 3.8) is 0 Å². The van der Waals surface area contributed by atoms with Crippen molar-refractivity contribution in [2.75, 3.05) is 12.5 Å². The summed E-state index contributed by atoms with van der Waals surface area (Å²) in [7, 11) is 0. The molecule has 0 spiro atoms. The number of carbonyl (C=O) groups excluding carboxylic acids is 2. The van der Waals surface area contributed by atoms with Crippen molar-refractivity contribution < 1.29 is 14.4 Å². The van der Waals surface area contributed by atoms with Crippen LogP contribution >= 0.6 is 11.3 Å². The molecule has 3 aromatic heterocycles. The fourth-order valence-corrected chi connectivity index (χ4v) is 3.32. The standard InChI is InChI=1S/C14H23N3O2.C10H10N4O.C5H6S/c1-7-8-9-11(2)16-13(18)15-10-19-17-12(3)14(4,5)6;1-2-3-8-7(5-15)4-14-9(8)10(11)12-6-13-14;1-5-3-2-4-6-5/h1,9H,8,10H2,2-6H3,(H2,15,16,18);2,4-6H,1,3H2,(H2,11,12,13);2-4H,1H3/b11-9+,17-12+;;. The van der Waals surface area contributed by atoms with Crippen LogP contribution in [-0.2, 0) is 11.3 Å². The van der Waals surface area contributed by atoms with E-state index in [9.17, 15) is 9.59 Å². The topological polar surface area (TPSA) is 136 Å². The first-order chi connectivity index (χ1) is 18.9. The van der Waals surface area contributed by atoms with E-state index in [2.05, 4.69) is 62.8 Å². The third-order valence-corrected chi connectivity index (χ3v) is 6.10. The highest BCUT2D eigenvalue weighted by atomic mass is 32.1. The molecular formula is C29H39N7O3S. The minimum Gasteiger partial charge on any atom is -0.382 e. The number of hydrogen-bond acceptors (Lipinski definition) is 8. The molecule has 4 N–H and O–H groups in total. The van der Waals surface area contributed by atoms with E-state index in [0.717, 1.165) is 17.6 Å². The van der Waals surface area contributed by atoms with E-state index in [1.165, 1.54) is 11.2 Å². The van der Waals surface area contributed by atoms with Crippen LogP contribution in [0.15, 0.2) is 59.6 Å². The predicted octanol–water partition coefficient (Wildman–Crippen LogP) is 5.52. The normalized spacial score (nSPS) is 11.2. The second-order valence-electron chi connectivity index (χ2n) is 9.46. The number of aldehydes is 1. The molecule has 0 aliphatic rings. The monoisotopic (exact) mass is 565 g/mol.